The Morgan fingerprint density at radius 1 is 1.17 bits per heavy atom. The third-order valence-electron chi connectivity index (χ3n) is 5.73. The molecule has 1 saturated heterocycles. The topological polar surface area (TPSA) is 158 Å². The van der Waals surface area contributed by atoms with E-state index >= 15 is 4.39 Å². The first kappa shape index (κ1) is 33.3. The first-order chi connectivity index (χ1) is 19.2. The van der Waals surface area contributed by atoms with Crippen LogP contribution in [0.5, 0.6) is 5.75 Å². The predicted octanol–water partition coefficient (Wildman–Crippen LogP) is 2.74. The second-order valence-electron chi connectivity index (χ2n) is 9.09. The van der Waals surface area contributed by atoms with Gasteiger partial charge in [-0.05, 0) is 26.0 Å². The molecule has 6 atom stereocenters. The summed E-state index contributed by atoms with van der Waals surface area (Å²) in [6, 6.07) is 5.43. The average Bonchev–Trinajstić information content (AvgIpc) is 3.08. The summed E-state index contributed by atoms with van der Waals surface area (Å²) < 4.78 is 126. The van der Waals surface area contributed by atoms with E-state index in [1.807, 2.05) is 10.1 Å². The Kier molecular flexibility index (Phi) is 9.63. The number of hydrogen-bond acceptors (Lipinski definition) is 9. The van der Waals surface area contributed by atoms with E-state index in [4.69, 9.17) is 13.8 Å². The SMILES string of the molecule is C[C@H](NP(=O)(OC[C@H]1O[C@@H](n2ccc(=O)[nH]c2=O)[C@](C)(F)[C@@H]1O)Oc1ccccc1)C(=O)OC(C(F)(F)F)C(F)(F)F. The second kappa shape index (κ2) is 12.2. The molecular weight excluding hydrogens is 614 g/mol. The van der Waals surface area contributed by atoms with Gasteiger partial charge in [0.2, 0.25) is 0 Å². The minimum atomic E-state index is -6.02. The molecule has 3 N–H and O–H groups in total. The normalized spacial score (nSPS) is 25.2. The summed E-state index contributed by atoms with van der Waals surface area (Å²) in [6.07, 6.45) is -21.3. The van der Waals surface area contributed by atoms with Crippen LogP contribution in [0.15, 0.2) is 52.2 Å². The summed E-state index contributed by atoms with van der Waals surface area (Å²) >= 11 is 0. The lowest BCUT2D eigenvalue weighted by molar-refractivity contribution is -0.313. The second-order valence-corrected chi connectivity index (χ2v) is 10.8. The molecule has 0 spiro atoms. The third-order valence-corrected chi connectivity index (χ3v) is 7.38. The Balaban J connectivity index is 1.82. The molecule has 1 unspecified atom stereocenters. The number of rotatable bonds is 10. The van der Waals surface area contributed by atoms with Crippen molar-refractivity contribution >= 4 is 13.7 Å². The van der Waals surface area contributed by atoms with E-state index in [0.717, 1.165) is 19.2 Å². The van der Waals surface area contributed by atoms with Crippen LogP contribution in [0.2, 0.25) is 0 Å². The molecule has 0 amide bonds. The summed E-state index contributed by atoms with van der Waals surface area (Å²) in [6.45, 7) is 0.532. The van der Waals surface area contributed by atoms with Gasteiger partial charge in [-0.15, -0.1) is 0 Å². The quantitative estimate of drug-likeness (QED) is 0.201. The summed E-state index contributed by atoms with van der Waals surface area (Å²) in [5.74, 6) is -2.35. The summed E-state index contributed by atoms with van der Waals surface area (Å²) in [4.78, 5) is 37.5. The molecule has 0 aliphatic carbocycles. The number of nitrogens with zero attached hydrogens (tertiary/aromatic N) is 1. The molecule has 1 aliphatic heterocycles. The predicted molar refractivity (Wildman–Crippen MR) is 126 cm³/mol. The molecule has 1 fully saturated rings. The monoisotopic (exact) mass is 637 g/mol. The van der Waals surface area contributed by atoms with Crippen molar-refractivity contribution in [1.29, 1.82) is 0 Å². The van der Waals surface area contributed by atoms with Crippen molar-refractivity contribution in [1.82, 2.24) is 14.6 Å². The van der Waals surface area contributed by atoms with Crippen molar-refractivity contribution in [3.8, 4) is 5.75 Å². The number of esters is 1. The van der Waals surface area contributed by atoms with Crippen LogP contribution in [0, 0.1) is 0 Å². The number of alkyl halides is 7. The Morgan fingerprint density at radius 2 is 1.76 bits per heavy atom. The number of carbonyl (C=O) groups is 1. The average molecular weight is 637 g/mol. The first-order valence-corrected chi connectivity index (χ1v) is 13.2. The Hall–Kier alpha value is -3.25. The van der Waals surface area contributed by atoms with Crippen molar-refractivity contribution in [3.05, 3.63) is 63.4 Å². The fourth-order valence-electron chi connectivity index (χ4n) is 3.67. The maximum absolute atomic E-state index is 15.4. The highest BCUT2D eigenvalue weighted by molar-refractivity contribution is 7.52. The number of aromatic nitrogens is 2. The number of carbonyl (C=O) groups excluding carboxylic acids is 1. The van der Waals surface area contributed by atoms with Crippen LogP contribution in [-0.4, -0.2) is 69.6 Å². The minimum absolute atomic E-state index is 0.210. The summed E-state index contributed by atoms with van der Waals surface area (Å²) in [7, 11) is -4.95. The van der Waals surface area contributed by atoms with Gasteiger partial charge >= 0.3 is 31.8 Å². The molecule has 234 valence electrons. The lowest BCUT2D eigenvalue weighted by Crippen LogP contribution is -2.48. The van der Waals surface area contributed by atoms with E-state index in [1.54, 1.807) is 0 Å². The van der Waals surface area contributed by atoms with Gasteiger partial charge in [-0.1, -0.05) is 18.2 Å². The molecular formula is C22H23F7N3O9P. The molecule has 0 radical (unpaired) electrons. The van der Waals surface area contributed by atoms with E-state index < -0.39 is 80.2 Å². The molecule has 2 aromatic rings. The van der Waals surface area contributed by atoms with Gasteiger partial charge in [0.15, 0.2) is 11.9 Å². The van der Waals surface area contributed by atoms with Gasteiger partial charge in [0.05, 0.1) is 6.61 Å². The number of halogens is 7. The zero-order valence-corrected chi connectivity index (χ0v) is 22.3. The fourth-order valence-corrected chi connectivity index (χ4v) is 5.17. The highest BCUT2D eigenvalue weighted by Gasteiger charge is 2.60. The molecule has 1 aliphatic rings. The lowest BCUT2D eigenvalue weighted by Gasteiger charge is -2.27. The van der Waals surface area contributed by atoms with Crippen molar-refractivity contribution in [3.63, 3.8) is 0 Å². The number of benzene rings is 1. The van der Waals surface area contributed by atoms with Gasteiger partial charge in [-0.2, -0.15) is 31.4 Å². The molecule has 0 saturated carbocycles. The van der Waals surface area contributed by atoms with Crippen LogP contribution in [0.25, 0.3) is 0 Å². The molecule has 3 rings (SSSR count). The number of nitrogens with one attached hydrogen (secondary N) is 2. The summed E-state index contributed by atoms with van der Waals surface area (Å²) in [5.41, 5.74) is -4.63. The number of aliphatic hydroxyl groups is 1. The van der Waals surface area contributed by atoms with E-state index in [2.05, 4.69) is 4.74 Å². The Bertz CT molecular complexity index is 1400. The van der Waals surface area contributed by atoms with Crippen LogP contribution in [-0.2, 0) is 23.4 Å². The van der Waals surface area contributed by atoms with Crippen LogP contribution >= 0.6 is 7.75 Å². The zero-order chi connectivity index (χ0) is 31.7. The number of H-pyrrole nitrogens is 1. The van der Waals surface area contributed by atoms with Crippen molar-refractivity contribution in [2.75, 3.05) is 6.61 Å². The van der Waals surface area contributed by atoms with Gasteiger partial charge < -0.3 is 19.1 Å². The number of ether oxygens (including phenoxy) is 2. The smallest absolute Gasteiger partial charge is 0.442 e. The molecule has 2 heterocycles. The highest BCUT2D eigenvalue weighted by Crippen LogP contribution is 2.47. The van der Waals surface area contributed by atoms with Crippen molar-refractivity contribution < 1.29 is 63.7 Å². The van der Waals surface area contributed by atoms with Crippen LogP contribution in [0.4, 0.5) is 30.7 Å². The van der Waals surface area contributed by atoms with Gasteiger partial charge in [0.25, 0.3) is 11.7 Å². The highest BCUT2D eigenvalue weighted by atomic mass is 31.2. The van der Waals surface area contributed by atoms with Crippen LogP contribution in [0.3, 0.4) is 0 Å². The van der Waals surface area contributed by atoms with Crippen molar-refractivity contribution in [2.24, 2.45) is 0 Å². The number of aliphatic hydroxyl groups excluding tert-OH is 1. The van der Waals surface area contributed by atoms with Gasteiger partial charge in [-0.3, -0.25) is 23.7 Å². The standard InChI is InChI=1S/C22H23F7N3O9P/c1-11(16(35)40-17(21(24,25)26)22(27,28)29)31-42(37,41-12-6-4-3-5-7-12)38-10-13-15(34)20(2,23)18(39-13)32-9-8-14(33)30-19(32)36/h3-9,11,13,15,17-18,34H,10H2,1-2H3,(H,31,37)(H,30,33,36)/t11-,13+,15+,18+,20+,42?/m0/s1. The minimum Gasteiger partial charge on any atom is -0.442 e. The van der Waals surface area contributed by atoms with Gasteiger partial charge in [0.1, 0.15) is 24.0 Å². The Morgan fingerprint density at radius 3 is 2.31 bits per heavy atom. The first-order valence-electron chi connectivity index (χ1n) is 11.7. The largest absolute Gasteiger partial charge is 0.459 e. The molecule has 42 heavy (non-hydrogen) atoms. The summed E-state index contributed by atoms with van der Waals surface area (Å²) in [5, 5.41) is 12.3. The molecule has 1 aromatic heterocycles. The zero-order valence-electron chi connectivity index (χ0n) is 21.4. The molecule has 0 bridgehead atoms. The number of hydrogen-bond donors (Lipinski definition) is 3. The molecule has 20 heteroatoms. The van der Waals surface area contributed by atoms with Crippen LogP contribution < -0.4 is 20.9 Å². The lowest BCUT2D eigenvalue weighted by atomic mass is 9.98. The van der Waals surface area contributed by atoms with E-state index in [1.165, 1.54) is 30.3 Å². The molecule has 12 nitrogen and oxygen atoms in total. The number of aromatic amines is 1. The van der Waals surface area contributed by atoms with E-state index in [-0.39, 0.29) is 5.75 Å². The molecule has 1 aromatic carbocycles. The third kappa shape index (κ3) is 7.77. The maximum atomic E-state index is 15.4. The van der Waals surface area contributed by atoms with E-state index in [9.17, 15) is 50.4 Å². The van der Waals surface area contributed by atoms with Gasteiger partial charge in [0, 0.05) is 12.3 Å². The van der Waals surface area contributed by atoms with Crippen LogP contribution in [0.1, 0.15) is 20.1 Å². The number of para-hydroxylation sites is 1. The fraction of sp³-hybridized carbons (Fsp3) is 0.500. The van der Waals surface area contributed by atoms with E-state index in [0.29, 0.717) is 11.5 Å². The van der Waals surface area contributed by atoms with Gasteiger partial charge in [-0.25, -0.2) is 13.8 Å². The van der Waals surface area contributed by atoms with Crippen molar-refractivity contribution in [2.45, 2.75) is 62.5 Å². The maximum Gasteiger partial charge on any atom is 0.459 e. The Labute approximate surface area is 230 Å².